The smallest absolute Gasteiger partial charge is 0.149 e. The Morgan fingerprint density at radius 1 is 0.540 bits per heavy atom. The number of pyridine rings is 1. The summed E-state index contributed by atoms with van der Waals surface area (Å²) in [5.74, 6) is -2.77. The van der Waals surface area contributed by atoms with Crippen LogP contribution in [0.2, 0.25) is 0 Å². The molecule has 0 aliphatic carbocycles. The van der Waals surface area contributed by atoms with Crippen LogP contribution in [0.4, 0.5) is 0 Å². The minimum absolute atomic E-state index is 0.0423. The molecule has 4 nitrogen and oxygen atoms in total. The van der Waals surface area contributed by atoms with E-state index in [-0.39, 0.29) is 16.6 Å². The van der Waals surface area contributed by atoms with E-state index in [1.807, 2.05) is 52.1 Å². The maximum Gasteiger partial charge on any atom is 0.149 e. The fourth-order valence-electron chi connectivity index (χ4n) is 8.70. The van der Waals surface area contributed by atoms with E-state index in [0.29, 0.717) is 22.5 Å². The molecular weight excluding hydrogens is 767 g/mol. The van der Waals surface area contributed by atoms with Gasteiger partial charge in [-0.25, -0.2) is 4.98 Å². The molecule has 0 aliphatic rings. The first-order valence-electron chi connectivity index (χ1n) is 23.6. The SMILES string of the molecule is [2H]C(C)(C)c1cc(-c2nc3c(-c4cc(-c5cc(-c6ccccc6)ccn5)cc(C(C)(C)C)c4)cccc3n2-c2ccc(-c3ccccc3C(C)(C)C)c(C([2H])(C)C)c2)c(O)c(C([2H])(C)C)c1. The quantitative estimate of drug-likeness (QED) is 0.158. The number of hydrogen-bond donors (Lipinski definition) is 1. The summed E-state index contributed by atoms with van der Waals surface area (Å²) in [6.07, 6.45) is 1.88. The molecule has 6 aromatic carbocycles. The van der Waals surface area contributed by atoms with E-state index in [1.165, 1.54) is 5.56 Å². The van der Waals surface area contributed by atoms with Crippen molar-refractivity contribution in [3.05, 3.63) is 167 Å². The average Bonchev–Trinajstić information content (AvgIpc) is 3.64. The van der Waals surface area contributed by atoms with Crippen LogP contribution in [0.5, 0.6) is 5.75 Å². The molecule has 8 rings (SSSR count). The number of aromatic nitrogens is 3. The lowest BCUT2D eigenvalue weighted by atomic mass is 9.80. The predicted molar refractivity (Wildman–Crippen MR) is 267 cm³/mol. The number of phenolic OH excluding ortho intramolecular Hbond substituents is 1. The summed E-state index contributed by atoms with van der Waals surface area (Å²) in [6.45, 7) is 24.4. The van der Waals surface area contributed by atoms with Gasteiger partial charge in [0.2, 0.25) is 0 Å². The molecule has 0 aliphatic heterocycles. The number of fused-ring (bicyclic) bond motifs is 1. The van der Waals surface area contributed by atoms with Gasteiger partial charge in [-0.05, 0) is 133 Å². The Hall–Kier alpha value is -6.26. The minimum Gasteiger partial charge on any atom is -0.507 e. The average molecular weight is 833 g/mol. The Morgan fingerprint density at radius 3 is 1.90 bits per heavy atom. The minimum atomic E-state index is -1.18. The molecular formula is C59H63N3O. The third kappa shape index (κ3) is 8.48. The summed E-state index contributed by atoms with van der Waals surface area (Å²) >= 11 is 0. The highest BCUT2D eigenvalue weighted by atomic mass is 16.3. The van der Waals surface area contributed by atoms with E-state index in [2.05, 4.69) is 155 Å². The Bertz CT molecular complexity index is 3110. The number of rotatable bonds is 9. The zero-order valence-electron chi connectivity index (χ0n) is 42.1. The maximum atomic E-state index is 12.4. The summed E-state index contributed by atoms with van der Waals surface area (Å²) < 4.78 is 30.0. The van der Waals surface area contributed by atoms with Crippen molar-refractivity contribution in [1.29, 1.82) is 0 Å². The molecule has 0 spiro atoms. The second kappa shape index (κ2) is 16.8. The van der Waals surface area contributed by atoms with E-state index >= 15 is 0 Å². The Morgan fingerprint density at radius 2 is 1.22 bits per heavy atom. The predicted octanol–water partition coefficient (Wildman–Crippen LogP) is 16.4. The fraction of sp³-hybridized carbons (Fsp3) is 0.288. The van der Waals surface area contributed by atoms with Crippen LogP contribution in [0.3, 0.4) is 0 Å². The molecule has 0 unspecified atom stereocenters. The monoisotopic (exact) mass is 833 g/mol. The number of nitrogens with zero attached hydrogens (tertiary/aromatic N) is 3. The lowest BCUT2D eigenvalue weighted by Gasteiger charge is -2.25. The highest BCUT2D eigenvalue weighted by Gasteiger charge is 2.26. The van der Waals surface area contributed by atoms with E-state index in [4.69, 9.17) is 12.7 Å². The van der Waals surface area contributed by atoms with Gasteiger partial charge in [0.05, 0.1) is 22.3 Å². The second-order valence-electron chi connectivity index (χ2n) is 19.7. The lowest BCUT2D eigenvalue weighted by Crippen LogP contribution is -2.13. The summed E-state index contributed by atoms with van der Waals surface area (Å²) in [7, 11) is 0. The summed E-state index contributed by atoms with van der Waals surface area (Å²) in [5.41, 5.74) is 14.8. The van der Waals surface area contributed by atoms with Gasteiger partial charge in [-0.1, -0.05) is 168 Å². The number of imidazole rings is 1. The highest BCUT2D eigenvalue weighted by Crippen LogP contribution is 2.45. The molecule has 0 saturated carbocycles. The molecule has 0 radical (unpaired) electrons. The molecule has 320 valence electrons. The van der Waals surface area contributed by atoms with E-state index < -0.39 is 17.7 Å². The zero-order valence-corrected chi connectivity index (χ0v) is 39.1. The molecule has 8 aromatic rings. The zero-order chi connectivity index (χ0) is 47.7. The Balaban J connectivity index is 1.45. The molecule has 0 fully saturated rings. The van der Waals surface area contributed by atoms with Gasteiger partial charge in [0.25, 0.3) is 0 Å². The molecule has 2 aromatic heterocycles. The molecule has 4 heteroatoms. The summed E-state index contributed by atoms with van der Waals surface area (Å²) in [4.78, 5) is 10.4. The van der Waals surface area contributed by atoms with Gasteiger partial charge in [0.1, 0.15) is 11.6 Å². The van der Waals surface area contributed by atoms with Crippen LogP contribution in [0.1, 0.15) is 133 Å². The van der Waals surface area contributed by atoms with Crippen molar-refractivity contribution >= 4 is 11.0 Å². The van der Waals surface area contributed by atoms with E-state index in [0.717, 1.165) is 72.5 Å². The van der Waals surface area contributed by atoms with Crippen molar-refractivity contribution in [2.75, 3.05) is 0 Å². The topological polar surface area (TPSA) is 50.9 Å². The van der Waals surface area contributed by atoms with Crippen LogP contribution in [0, 0.1) is 0 Å². The van der Waals surface area contributed by atoms with Crippen molar-refractivity contribution < 1.29 is 9.22 Å². The van der Waals surface area contributed by atoms with Gasteiger partial charge >= 0.3 is 0 Å². The molecule has 0 amide bonds. The van der Waals surface area contributed by atoms with Crippen LogP contribution in [0.15, 0.2) is 140 Å². The highest BCUT2D eigenvalue weighted by molar-refractivity contribution is 5.97. The van der Waals surface area contributed by atoms with E-state index in [1.54, 1.807) is 19.9 Å². The molecule has 63 heavy (non-hydrogen) atoms. The standard InChI is InChI=1S/C59H63N3O/c1-36(2)41-32-50(38(5)6)56(63)51(33-41)57-61-55-46(42-29-43(31-44(30-42)58(7,8)9)53-34-40(27-28-60-53)39-19-14-13-15-20-39)22-18-24-54(55)62(57)45-25-26-47(49(35-45)37(3)4)48-21-16-17-23-52(48)59(10,11)12/h13-38,63H,1-12H3/i36D,37D,38D. The van der Waals surface area contributed by atoms with Crippen LogP contribution in [0.25, 0.3) is 72.7 Å². The molecule has 0 bridgehead atoms. The first-order chi connectivity index (χ1) is 30.8. The maximum absolute atomic E-state index is 12.4. The van der Waals surface area contributed by atoms with Gasteiger partial charge in [0.15, 0.2) is 0 Å². The number of benzene rings is 6. The largest absolute Gasteiger partial charge is 0.507 e. The van der Waals surface area contributed by atoms with Crippen molar-refractivity contribution in [3.63, 3.8) is 0 Å². The van der Waals surface area contributed by atoms with Crippen LogP contribution in [-0.2, 0) is 10.8 Å². The van der Waals surface area contributed by atoms with E-state index in [9.17, 15) is 6.48 Å². The second-order valence-corrected chi connectivity index (χ2v) is 19.7. The summed E-state index contributed by atoms with van der Waals surface area (Å²) in [5, 5.41) is 12.4. The van der Waals surface area contributed by atoms with Crippen molar-refractivity contribution in [2.24, 2.45) is 0 Å². The van der Waals surface area contributed by atoms with Crippen molar-refractivity contribution in [3.8, 4) is 67.5 Å². The van der Waals surface area contributed by atoms with Crippen molar-refractivity contribution in [2.45, 2.75) is 112 Å². The number of hydrogen-bond acceptors (Lipinski definition) is 3. The van der Waals surface area contributed by atoms with Gasteiger partial charge in [-0.15, -0.1) is 0 Å². The summed E-state index contributed by atoms with van der Waals surface area (Å²) in [6, 6.07) is 45.9. The molecule has 0 atom stereocenters. The number of aromatic hydroxyl groups is 1. The van der Waals surface area contributed by atoms with Gasteiger partial charge in [0, 0.05) is 27.1 Å². The van der Waals surface area contributed by atoms with Crippen LogP contribution >= 0.6 is 0 Å². The normalized spacial score (nSPS) is 13.5. The van der Waals surface area contributed by atoms with Crippen molar-refractivity contribution in [1.82, 2.24) is 14.5 Å². The van der Waals surface area contributed by atoms with Gasteiger partial charge < -0.3 is 5.11 Å². The lowest BCUT2D eigenvalue weighted by molar-refractivity contribution is 0.466. The van der Waals surface area contributed by atoms with Gasteiger partial charge in [-0.2, -0.15) is 0 Å². The fourth-order valence-corrected chi connectivity index (χ4v) is 8.70. The van der Waals surface area contributed by atoms with Gasteiger partial charge in [-0.3, -0.25) is 9.55 Å². The first-order valence-corrected chi connectivity index (χ1v) is 22.1. The third-order valence-electron chi connectivity index (χ3n) is 12.3. The third-order valence-corrected chi connectivity index (χ3v) is 12.3. The van der Waals surface area contributed by atoms with Crippen LogP contribution in [-0.4, -0.2) is 19.6 Å². The Labute approximate surface area is 380 Å². The molecule has 1 N–H and O–H groups in total. The Kier molecular flexibility index (Phi) is 10.5. The number of para-hydroxylation sites is 1. The van der Waals surface area contributed by atoms with Crippen LogP contribution < -0.4 is 0 Å². The number of phenols is 1. The molecule has 2 heterocycles. The first kappa shape index (κ1) is 39.6. The molecule has 0 saturated heterocycles.